The zero-order valence-electron chi connectivity index (χ0n) is 13.3. The maximum atomic E-state index is 5.58. The van der Waals surface area contributed by atoms with E-state index in [4.69, 9.17) is 25.4 Å². The smallest absolute Gasteiger partial charge is 0.382 e. The molecule has 2 aromatic heterocycles. The van der Waals surface area contributed by atoms with E-state index in [0.29, 0.717) is 19.0 Å². The van der Waals surface area contributed by atoms with Gasteiger partial charge in [0.1, 0.15) is 6.33 Å². The molecular weight excluding hydrogens is 347 g/mol. The van der Waals surface area contributed by atoms with Crippen LogP contribution in [0.5, 0.6) is 6.01 Å². The third-order valence-electron chi connectivity index (χ3n) is 3.06. The van der Waals surface area contributed by atoms with E-state index in [-0.39, 0.29) is 6.01 Å². The second-order valence-electron chi connectivity index (χ2n) is 4.71. The number of aromatic nitrogens is 4. The second-order valence-corrected chi connectivity index (χ2v) is 7.64. The average molecular weight is 364 g/mol. The summed E-state index contributed by atoms with van der Waals surface area (Å²) in [7, 11) is 0. The highest BCUT2D eigenvalue weighted by Gasteiger charge is 2.23. The Kier molecular flexibility index (Phi) is 5.20. The summed E-state index contributed by atoms with van der Waals surface area (Å²) >= 11 is 5.31. The van der Waals surface area contributed by atoms with E-state index in [0.717, 1.165) is 10.9 Å². The Morgan fingerprint density at radius 1 is 1.08 bits per heavy atom. The lowest BCUT2D eigenvalue weighted by molar-refractivity contribution is 0.214. The van der Waals surface area contributed by atoms with E-state index in [9.17, 15) is 0 Å². The number of pyridine rings is 1. The SMILES string of the molecule is CCOP(=S)(OCC)Oc1ncn(-c2ccc3ccccc3n2)n1. The van der Waals surface area contributed by atoms with E-state index in [1.807, 2.05) is 50.2 Å². The molecule has 7 nitrogen and oxygen atoms in total. The van der Waals surface area contributed by atoms with Crippen molar-refractivity contribution in [1.29, 1.82) is 0 Å². The topological polar surface area (TPSA) is 71.3 Å². The Morgan fingerprint density at radius 2 is 1.83 bits per heavy atom. The molecule has 0 fully saturated rings. The minimum Gasteiger partial charge on any atom is -0.388 e. The molecule has 0 aliphatic carbocycles. The van der Waals surface area contributed by atoms with Crippen molar-refractivity contribution in [3.8, 4) is 11.8 Å². The first kappa shape index (κ1) is 17.0. The Morgan fingerprint density at radius 3 is 2.58 bits per heavy atom. The highest BCUT2D eigenvalue weighted by atomic mass is 32.5. The standard InChI is InChI=1S/C15H17N4O3PS/c1-3-20-23(24,21-4-2)22-15-16-11-19(18-15)14-10-9-12-7-5-6-8-13(12)17-14/h5-11H,3-4H2,1-2H3. The van der Waals surface area contributed by atoms with Crippen molar-refractivity contribution in [2.24, 2.45) is 0 Å². The minimum absolute atomic E-state index is 0.107. The molecule has 3 aromatic rings. The van der Waals surface area contributed by atoms with Gasteiger partial charge in [-0.25, -0.2) is 4.98 Å². The van der Waals surface area contributed by atoms with Gasteiger partial charge in [0.05, 0.1) is 18.7 Å². The molecule has 0 amide bonds. The fourth-order valence-corrected chi connectivity index (χ4v) is 4.02. The molecule has 1 aromatic carbocycles. The van der Waals surface area contributed by atoms with Gasteiger partial charge in [-0.15, -0.1) is 5.10 Å². The summed E-state index contributed by atoms with van der Waals surface area (Å²) in [4.78, 5) is 8.67. The lowest BCUT2D eigenvalue weighted by Gasteiger charge is -2.18. The first-order chi connectivity index (χ1) is 11.6. The van der Waals surface area contributed by atoms with E-state index in [2.05, 4.69) is 15.1 Å². The number of hydrogen-bond acceptors (Lipinski definition) is 7. The summed E-state index contributed by atoms with van der Waals surface area (Å²) in [6.45, 7) is 1.56. The molecule has 0 bridgehead atoms. The number of fused-ring (bicyclic) bond motifs is 1. The van der Waals surface area contributed by atoms with Crippen LogP contribution in [0, 0.1) is 0 Å². The largest absolute Gasteiger partial charge is 0.388 e. The molecule has 24 heavy (non-hydrogen) atoms. The molecule has 2 heterocycles. The molecule has 0 radical (unpaired) electrons. The van der Waals surface area contributed by atoms with Crippen LogP contribution in [-0.4, -0.2) is 33.0 Å². The van der Waals surface area contributed by atoms with Gasteiger partial charge in [-0.2, -0.15) is 9.67 Å². The van der Waals surface area contributed by atoms with E-state index in [1.165, 1.54) is 11.0 Å². The third kappa shape index (κ3) is 3.79. The van der Waals surface area contributed by atoms with Crippen molar-refractivity contribution in [3.63, 3.8) is 0 Å². The fourth-order valence-electron chi connectivity index (χ4n) is 2.09. The molecule has 0 atom stereocenters. The summed E-state index contributed by atoms with van der Waals surface area (Å²) in [6, 6.07) is 11.8. The molecule has 0 saturated carbocycles. The van der Waals surface area contributed by atoms with Gasteiger partial charge in [0.25, 0.3) is 0 Å². The van der Waals surface area contributed by atoms with Crippen molar-refractivity contribution in [1.82, 2.24) is 19.7 Å². The van der Waals surface area contributed by atoms with Crippen LogP contribution in [0.4, 0.5) is 0 Å². The van der Waals surface area contributed by atoms with Gasteiger partial charge in [0.2, 0.25) is 0 Å². The summed E-state index contributed by atoms with van der Waals surface area (Å²) in [5.41, 5.74) is 0.877. The van der Waals surface area contributed by atoms with Crippen LogP contribution >= 0.6 is 6.72 Å². The van der Waals surface area contributed by atoms with Crippen molar-refractivity contribution < 1.29 is 13.6 Å². The average Bonchev–Trinajstić information content (AvgIpc) is 3.03. The predicted molar refractivity (Wildman–Crippen MR) is 94.8 cm³/mol. The van der Waals surface area contributed by atoms with Crippen molar-refractivity contribution in [2.45, 2.75) is 13.8 Å². The summed E-state index contributed by atoms with van der Waals surface area (Å²) in [5, 5.41) is 5.32. The van der Waals surface area contributed by atoms with E-state index < -0.39 is 6.72 Å². The monoisotopic (exact) mass is 364 g/mol. The van der Waals surface area contributed by atoms with Gasteiger partial charge >= 0.3 is 12.7 Å². The third-order valence-corrected chi connectivity index (χ3v) is 5.45. The molecule has 126 valence electrons. The van der Waals surface area contributed by atoms with Gasteiger partial charge in [-0.05, 0) is 32.0 Å². The molecule has 0 spiro atoms. The van der Waals surface area contributed by atoms with Gasteiger partial charge < -0.3 is 4.52 Å². The van der Waals surface area contributed by atoms with Crippen LogP contribution in [0.25, 0.3) is 16.7 Å². The molecular formula is C15H17N4O3PS. The van der Waals surface area contributed by atoms with Crippen LogP contribution in [0.2, 0.25) is 0 Å². The van der Waals surface area contributed by atoms with Gasteiger partial charge in [0.15, 0.2) is 5.82 Å². The van der Waals surface area contributed by atoms with E-state index >= 15 is 0 Å². The normalized spacial score (nSPS) is 11.8. The molecule has 0 saturated heterocycles. The molecule has 0 N–H and O–H groups in total. The Bertz CT molecular complexity index is 876. The van der Waals surface area contributed by atoms with Gasteiger partial charge in [0, 0.05) is 17.2 Å². The summed E-state index contributed by atoms with van der Waals surface area (Å²) in [6.07, 6.45) is 1.52. The first-order valence-corrected chi connectivity index (χ1v) is 10.1. The van der Waals surface area contributed by atoms with Crippen LogP contribution in [0.15, 0.2) is 42.7 Å². The lowest BCUT2D eigenvalue weighted by Crippen LogP contribution is -2.04. The van der Waals surface area contributed by atoms with E-state index in [1.54, 1.807) is 0 Å². The lowest BCUT2D eigenvalue weighted by atomic mass is 10.2. The predicted octanol–water partition coefficient (Wildman–Crippen LogP) is 3.49. The van der Waals surface area contributed by atoms with Crippen LogP contribution in [0.1, 0.15) is 13.8 Å². The fraction of sp³-hybridized carbons (Fsp3) is 0.267. The highest BCUT2D eigenvalue weighted by Crippen LogP contribution is 2.48. The molecule has 3 rings (SSSR count). The summed E-state index contributed by atoms with van der Waals surface area (Å²) in [5.74, 6) is 0.636. The molecule has 0 aliphatic heterocycles. The summed E-state index contributed by atoms with van der Waals surface area (Å²) < 4.78 is 18.0. The number of nitrogens with zero attached hydrogens (tertiary/aromatic N) is 4. The number of para-hydroxylation sites is 1. The Hall–Kier alpha value is -1.86. The Balaban J connectivity index is 1.85. The second kappa shape index (κ2) is 7.36. The zero-order chi connectivity index (χ0) is 17.0. The van der Waals surface area contributed by atoms with Crippen molar-refractivity contribution >= 4 is 29.4 Å². The maximum absolute atomic E-state index is 5.58. The maximum Gasteiger partial charge on any atom is 0.382 e. The molecule has 9 heteroatoms. The van der Waals surface area contributed by atoms with Gasteiger partial charge in [-0.1, -0.05) is 18.2 Å². The quantitative estimate of drug-likeness (QED) is 0.594. The number of hydrogen-bond donors (Lipinski definition) is 0. The van der Waals surface area contributed by atoms with Crippen molar-refractivity contribution in [2.75, 3.05) is 13.2 Å². The van der Waals surface area contributed by atoms with Crippen LogP contribution in [-0.2, 0) is 20.9 Å². The zero-order valence-corrected chi connectivity index (χ0v) is 15.0. The molecule has 0 unspecified atom stereocenters. The Labute approximate surface area is 144 Å². The molecule has 0 aliphatic rings. The van der Waals surface area contributed by atoms with Crippen LogP contribution < -0.4 is 4.52 Å². The number of benzene rings is 1. The first-order valence-electron chi connectivity index (χ1n) is 7.50. The van der Waals surface area contributed by atoms with Crippen LogP contribution in [0.3, 0.4) is 0 Å². The van der Waals surface area contributed by atoms with Gasteiger partial charge in [-0.3, -0.25) is 9.05 Å². The highest BCUT2D eigenvalue weighted by molar-refractivity contribution is 8.07. The minimum atomic E-state index is -2.88. The van der Waals surface area contributed by atoms with Crippen molar-refractivity contribution in [3.05, 3.63) is 42.7 Å². The number of rotatable bonds is 7.